The van der Waals surface area contributed by atoms with E-state index in [0.717, 1.165) is 31.2 Å². The van der Waals surface area contributed by atoms with E-state index in [1.54, 1.807) is 4.90 Å². The van der Waals surface area contributed by atoms with Gasteiger partial charge in [-0.15, -0.1) is 0 Å². The fourth-order valence-corrected chi connectivity index (χ4v) is 4.61. The number of benzene rings is 1. The summed E-state index contributed by atoms with van der Waals surface area (Å²) in [4.78, 5) is 42.7. The third-order valence-electron chi connectivity index (χ3n) is 6.34. The molecular formula is C23H31N3O5. The van der Waals surface area contributed by atoms with E-state index < -0.39 is 6.09 Å². The molecular weight excluding hydrogens is 398 g/mol. The lowest BCUT2D eigenvalue weighted by atomic mass is 9.94. The van der Waals surface area contributed by atoms with E-state index >= 15 is 0 Å². The number of hydrogen-bond donors (Lipinski definition) is 0. The quantitative estimate of drug-likeness (QED) is 0.691. The van der Waals surface area contributed by atoms with Crippen LogP contribution in [0.4, 0.5) is 4.79 Å². The number of carbonyl (C=O) groups is 3. The minimum absolute atomic E-state index is 0.0312. The molecule has 0 aromatic heterocycles. The van der Waals surface area contributed by atoms with E-state index in [9.17, 15) is 14.4 Å². The first kappa shape index (κ1) is 21.6. The molecule has 3 aliphatic rings. The highest BCUT2D eigenvalue weighted by atomic mass is 16.6. The smallest absolute Gasteiger partial charge is 0.410 e. The Hall–Kier alpha value is -2.61. The lowest BCUT2D eigenvalue weighted by Crippen LogP contribution is -2.46. The summed E-state index contributed by atoms with van der Waals surface area (Å²) in [5, 5.41) is 0. The molecule has 2 aliphatic heterocycles. The molecule has 1 aromatic rings. The van der Waals surface area contributed by atoms with E-state index in [-0.39, 0.29) is 37.0 Å². The fraction of sp³-hybridized carbons (Fsp3) is 0.609. The maximum atomic E-state index is 13.1. The van der Waals surface area contributed by atoms with Crippen LogP contribution in [0.3, 0.4) is 0 Å². The van der Waals surface area contributed by atoms with Gasteiger partial charge in [0, 0.05) is 19.1 Å². The lowest BCUT2D eigenvalue weighted by Gasteiger charge is -2.34. The van der Waals surface area contributed by atoms with Crippen molar-refractivity contribution in [2.24, 2.45) is 0 Å². The number of rotatable bonds is 6. The van der Waals surface area contributed by atoms with Gasteiger partial charge in [-0.1, -0.05) is 49.6 Å². The molecule has 168 valence electrons. The van der Waals surface area contributed by atoms with Crippen molar-refractivity contribution in [1.29, 1.82) is 0 Å². The average molecular weight is 430 g/mol. The molecule has 8 heteroatoms. The highest BCUT2D eigenvalue weighted by molar-refractivity contribution is 5.88. The normalized spacial score (nSPS) is 23.1. The van der Waals surface area contributed by atoms with Crippen molar-refractivity contribution in [3.05, 3.63) is 35.9 Å². The molecule has 3 amide bonds. The lowest BCUT2D eigenvalue weighted by molar-refractivity contribution is -0.140. The zero-order chi connectivity index (χ0) is 21.6. The number of ether oxygens (including phenoxy) is 2. The Morgan fingerprint density at radius 2 is 1.84 bits per heavy atom. The predicted molar refractivity (Wildman–Crippen MR) is 113 cm³/mol. The zero-order valence-corrected chi connectivity index (χ0v) is 17.9. The molecule has 1 saturated carbocycles. The number of nitrogens with zero attached hydrogens (tertiary/aromatic N) is 3. The van der Waals surface area contributed by atoms with Crippen molar-refractivity contribution in [3.63, 3.8) is 0 Å². The van der Waals surface area contributed by atoms with Crippen LogP contribution in [-0.4, -0.2) is 84.1 Å². The largest absolute Gasteiger partial charge is 0.448 e. The summed E-state index contributed by atoms with van der Waals surface area (Å²) in [5.74, 6) is -0.277. The Morgan fingerprint density at radius 3 is 2.55 bits per heavy atom. The van der Waals surface area contributed by atoms with Crippen LogP contribution < -0.4 is 0 Å². The number of amides is 3. The van der Waals surface area contributed by atoms with Crippen molar-refractivity contribution >= 4 is 17.9 Å². The Kier molecular flexibility index (Phi) is 7.06. The van der Waals surface area contributed by atoms with Gasteiger partial charge < -0.3 is 19.3 Å². The van der Waals surface area contributed by atoms with Crippen LogP contribution in [0.2, 0.25) is 0 Å². The summed E-state index contributed by atoms with van der Waals surface area (Å²) in [6.45, 7) is 1.91. The summed E-state index contributed by atoms with van der Waals surface area (Å²) in [7, 11) is 0. The molecule has 3 fully saturated rings. The third kappa shape index (κ3) is 5.55. The van der Waals surface area contributed by atoms with Crippen LogP contribution in [0.5, 0.6) is 0 Å². The van der Waals surface area contributed by atoms with E-state index in [0.29, 0.717) is 32.8 Å². The van der Waals surface area contributed by atoms with Gasteiger partial charge in [0.15, 0.2) is 0 Å². The molecule has 0 N–H and O–H groups in total. The predicted octanol–water partition coefficient (Wildman–Crippen LogP) is 2.03. The summed E-state index contributed by atoms with van der Waals surface area (Å²) < 4.78 is 11.1. The molecule has 1 aliphatic carbocycles. The number of hydrogen-bond acceptors (Lipinski definition) is 5. The van der Waals surface area contributed by atoms with Gasteiger partial charge in [-0.2, -0.15) is 0 Å². The van der Waals surface area contributed by atoms with Gasteiger partial charge in [-0.05, 0) is 18.4 Å². The van der Waals surface area contributed by atoms with Gasteiger partial charge in [0.2, 0.25) is 11.8 Å². The van der Waals surface area contributed by atoms with Gasteiger partial charge in [-0.3, -0.25) is 14.5 Å². The zero-order valence-electron chi connectivity index (χ0n) is 17.9. The van der Waals surface area contributed by atoms with Crippen molar-refractivity contribution < 1.29 is 23.9 Å². The second kappa shape index (κ2) is 10.1. The summed E-state index contributed by atoms with van der Waals surface area (Å²) in [6.07, 6.45) is 4.73. The molecule has 0 radical (unpaired) electrons. The van der Waals surface area contributed by atoms with Gasteiger partial charge >= 0.3 is 6.09 Å². The van der Waals surface area contributed by atoms with E-state index in [1.807, 2.05) is 35.2 Å². The van der Waals surface area contributed by atoms with Gasteiger partial charge in [0.25, 0.3) is 0 Å². The highest BCUT2D eigenvalue weighted by Gasteiger charge is 2.36. The Balaban J connectivity index is 1.46. The van der Waals surface area contributed by atoms with Crippen molar-refractivity contribution in [2.75, 3.05) is 39.3 Å². The topological polar surface area (TPSA) is 79.4 Å². The molecule has 8 nitrogen and oxygen atoms in total. The first-order valence-electron chi connectivity index (χ1n) is 11.2. The molecule has 0 spiro atoms. The minimum atomic E-state index is -0.477. The van der Waals surface area contributed by atoms with Gasteiger partial charge in [0.05, 0.1) is 25.8 Å². The second-order valence-electron chi connectivity index (χ2n) is 8.57. The standard InChI is InChI=1S/C23H31N3O5/c27-21(15-24-11-12-30-23(24)29)25-13-20(31-17-18-7-3-1-4-8-18)14-26(22(28)16-25)19-9-5-2-6-10-19/h1,3-4,7-8,19-20H,2,5-6,9-17H2. The monoisotopic (exact) mass is 429 g/mol. The van der Waals surface area contributed by atoms with Crippen LogP contribution in [0.25, 0.3) is 0 Å². The third-order valence-corrected chi connectivity index (χ3v) is 6.34. The molecule has 1 unspecified atom stereocenters. The summed E-state index contributed by atoms with van der Waals surface area (Å²) in [6, 6.07) is 10.1. The first-order chi connectivity index (χ1) is 15.1. The van der Waals surface area contributed by atoms with Crippen molar-refractivity contribution in [1.82, 2.24) is 14.7 Å². The van der Waals surface area contributed by atoms with E-state index in [4.69, 9.17) is 9.47 Å². The Morgan fingerprint density at radius 1 is 1.06 bits per heavy atom. The highest BCUT2D eigenvalue weighted by Crippen LogP contribution is 2.25. The Labute approximate surface area is 183 Å². The van der Waals surface area contributed by atoms with Gasteiger partial charge in [0.1, 0.15) is 13.2 Å². The molecule has 2 saturated heterocycles. The number of cyclic esters (lactones) is 1. The average Bonchev–Trinajstić information content (AvgIpc) is 3.11. The SMILES string of the molecule is O=C(CN1CCOC1=O)N1CC(=O)N(C2CCCCC2)CC(OCc2ccccc2)C1. The number of carbonyl (C=O) groups excluding carboxylic acids is 3. The van der Waals surface area contributed by atoms with Crippen LogP contribution in [-0.2, 0) is 25.7 Å². The van der Waals surface area contributed by atoms with E-state index in [1.165, 1.54) is 11.3 Å². The molecule has 31 heavy (non-hydrogen) atoms. The summed E-state index contributed by atoms with van der Waals surface area (Å²) in [5.41, 5.74) is 1.06. The van der Waals surface area contributed by atoms with Crippen LogP contribution >= 0.6 is 0 Å². The molecule has 2 heterocycles. The molecule has 0 bridgehead atoms. The minimum Gasteiger partial charge on any atom is -0.448 e. The van der Waals surface area contributed by atoms with Crippen molar-refractivity contribution in [3.8, 4) is 0 Å². The summed E-state index contributed by atoms with van der Waals surface area (Å²) >= 11 is 0. The van der Waals surface area contributed by atoms with Crippen LogP contribution in [0.1, 0.15) is 37.7 Å². The first-order valence-corrected chi connectivity index (χ1v) is 11.2. The maximum absolute atomic E-state index is 13.1. The van der Waals surface area contributed by atoms with Crippen molar-refractivity contribution in [2.45, 2.75) is 50.9 Å². The second-order valence-corrected chi connectivity index (χ2v) is 8.57. The van der Waals surface area contributed by atoms with Crippen LogP contribution in [0, 0.1) is 0 Å². The Bertz CT molecular complexity index is 781. The van der Waals surface area contributed by atoms with E-state index in [2.05, 4.69) is 0 Å². The fourth-order valence-electron chi connectivity index (χ4n) is 4.61. The van der Waals surface area contributed by atoms with Crippen LogP contribution in [0.15, 0.2) is 30.3 Å². The molecule has 1 atom stereocenters. The van der Waals surface area contributed by atoms with Gasteiger partial charge in [-0.25, -0.2) is 4.79 Å². The molecule has 1 aromatic carbocycles. The maximum Gasteiger partial charge on any atom is 0.410 e. The molecule has 4 rings (SSSR count).